The Hall–Kier alpha value is -1.92. The molecular formula is C16H21N3O2S. The van der Waals surface area contributed by atoms with E-state index in [0.29, 0.717) is 6.54 Å². The number of thiazole rings is 1. The van der Waals surface area contributed by atoms with Crippen LogP contribution in [0.1, 0.15) is 24.5 Å². The molecule has 0 atom stereocenters. The highest BCUT2D eigenvalue weighted by Gasteiger charge is 2.08. The van der Waals surface area contributed by atoms with Crippen molar-refractivity contribution >= 4 is 22.9 Å². The molecular weight excluding hydrogens is 298 g/mol. The van der Waals surface area contributed by atoms with Crippen LogP contribution in [0.15, 0.2) is 29.6 Å². The monoisotopic (exact) mass is 319 g/mol. The van der Waals surface area contributed by atoms with Gasteiger partial charge in [-0.3, -0.25) is 4.79 Å². The highest BCUT2D eigenvalue weighted by Crippen LogP contribution is 2.17. The van der Waals surface area contributed by atoms with Gasteiger partial charge in [-0.15, -0.1) is 11.3 Å². The number of hydrogen-bond acceptors (Lipinski definition) is 5. The van der Waals surface area contributed by atoms with E-state index < -0.39 is 0 Å². The summed E-state index contributed by atoms with van der Waals surface area (Å²) in [6, 6.07) is 7.35. The van der Waals surface area contributed by atoms with Gasteiger partial charge in [0.05, 0.1) is 23.2 Å². The van der Waals surface area contributed by atoms with Crippen molar-refractivity contribution in [1.29, 1.82) is 0 Å². The molecule has 118 valence electrons. The molecule has 0 radical (unpaired) electrons. The third kappa shape index (κ3) is 5.13. The Labute approximate surface area is 134 Å². The molecule has 0 fully saturated rings. The van der Waals surface area contributed by atoms with Crippen LogP contribution in [0.2, 0.25) is 0 Å². The van der Waals surface area contributed by atoms with Gasteiger partial charge in [-0.2, -0.15) is 0 Å². The van der Waals surface area contributed by atoms with E-state index in [1.165, 1.54) is 0 Å². The van der Waals surface area contributed by atoms with Gasteiger partial charge < -0.3 is 15.8 Å². The summed E-state index contributed by atoms with van der Waals surface area (Å²) >= 11 is 1.54. The molecule has 1 aromatic carbocycles. The van der Waals surface area contributed by atoms with Crippen molar-refractivity contribution in [1.82, 2.24) is 4.98 Å². The molecule has 2 aromatic rings. The topological polar surface area (TPSA) is 77.2 Å². The van der Waals surface area contributed by atoms with Crippen molar-refractivity contribution in [3.63, 3.8) is 0 Å². The van der Waals surface area contributed by atoms with Gasteiger partial charge in [-0.1, -0.05) is 0 Å². The first kappa shape index (κ1) is 16.5. The predicted octanol–water partition coefficient (Wildman–Crippen LogP) is 2.61. The number of hydrogen-bond donors (Lipinski definition) is 2. The molecule has 1 heterocycles. The Morgan fingerprint density at radius 1 is 1.36 bits per heavy atom. The number of rotatable bonds is 7. The molecule has 0 bridgehead atoms. The summed E-state index contributed by atoms with van der Waals surface area (Å²) in [7, 11) is 0. The Bertz CT molecular complexity index is 608. The van der Waals surface area contributed by atoms with Crippen molar-refractivity contribution in [3.05, 3.63) is 40.3 Å². The molecule has 5 nitrogen and oxygen atoms in total. The zero-order valence-corrected chi connectivity index (χ0v) is 13.7. The van der Waals surface area contributed by atoms with Crippen LogP contribution in [0, 0.1) is 0 Å². The Balaban J connectivity index is 1.88. The SMILES string of the molecule is CC(C)Oc1ccc(NC(=O)Cc2csc(CCN)n2)cc1. The van der Waals surface area contributed by atoms with Crippen LogP contribution in [0.3, 0.4) is 0 Å². The number of ether oxygens (including phenoxy) is 1. The minimum atomic E-state index is -0.0814. The predicted molar refractivity (Wildman–Crippen MR) is 89.4 cm³/mol. The molecule has 6 heteroatoms. The maximum Gasteiger partial charge on any atom is 0.230 e. The second-order valence-electron chi connectivity index (χ2n) is 5.19. The molecule has 0 aliphatic carbocycles. The first-order valence-electron chi connectivity index (χ1n) is 7.26. The zero-order valence-electron chi connectivity index (χ0n) is 12.8. The lowest BCUT2D eigenvalue weighted by Gasteiger charge is -2.10. The zero-order chi connectivity index (χ0) is 15.9. The fraction of sp³-hybridized carbons (Fsp3) is 0.375. The lowest BCUT2D eigenvalue weighted by molar-refractivity contribution is -0.115. The van der Waals surface area contributed by atoms with E-state index >= 15 is 0 Å². The van der Waals surface area contributed by atoms with Gasteiger partial charge in [-0.25, -0.2) is 4.98 Å². The third-order valence-electron chi connectivity index (χ3n) is 2.81. The van der Waals surface area contributed by atoms with Crippen molar-refractivity contribution in [3.8, 4) is 5.75 Å². The molecule has 22 heavy (non-hydrogen) atoms. The fourth-order valence-corrected chi connectivity index (χ4v) is 2.74. The first-order chi connectivity index (χ1) is 10.6. The number of nitrogens with one attached hydrogen (secondary N) is 1. The molecule has 0 unspecified atom stereocenters. The van der Waals surface area contributed by atoms with Crippen molar-refractivity contribution in [2.45, 2.75) is 32.8 Å². The number of amides is 1. The number of anilines is 1. The van der Waals surface area contributed by atoms with Gasteiger partial charge in [0.2, 0.25) is 5.91 Å². The molecule has 3 N–H and O–H groups in total. The molecule has 1 amide bonds. The summed E-state index contributed by atoms with van der Waals surface area (Å²) in [4.78, 5) is 16.4. The van der Waals surface area contributed by atoms with E-state index in [-0.39, 0.29) is 18.4 Å². The van der Waals surface area contributed by atoms with E-state index in [1.54, 1.807) is 11.3 Å². The van der Waals surface area contributed by atoms with Gasteiger partial charge in [0.15, 0.2) is 0 Å². The lowest BCUT2D eigenvalue weighted by Crippen LogP contribution is -2.14. The Morgan fingerprint density at radius 3 is 2.73 bits per heavy atom. The van der Waals surface area contributed by atoms with Gasteiger partial charge >= 0.3 is 0 Å². The molecule has 0 aliphatic rings. The van der Waals surface area contributed by atoms with E-state index in [1.807, 2.05) is 43.5 Å². The van der Waals surface area contributed by atoms with Crippen LogP contribution in [0.25, 0.3) is 0 Å². The largest absolute Gasteiger partial charge is 0.491 e. The lowest BCUT2D eigenvalue weighted by atomic mass is 10.2. The summed E-state index contributed by atoms with van der Waals surface area (Å²) < 4.78 is 5.56. The average molecular weight is 319 g/mol. The summed E-state index contributed by atoms with van der Waals surface area (Å²) in [6.07, 6.45) is 1.15. The van der Waals surface area contributed by atoms with Crippen LogP contribution in [0.5, 0.6) is 5.75 Å². The minimum Gasteiger partial charge on any atom is -0.491 e. The number of benzene rings is 1. The number of carbonyl (C=O) groups excluding carboxylic acids is 1. The van der Waals surface area contributed by atoms with Crippen LogP contribution >= 0.6 is 11.3 Å². The van der Waals surface area contributed by atoms with Crippen molar-refractivity contribution in [2.24, 2.45) is 5.73 Å². The standard InChI is InChI=1S/C16H21N3O2S/c1-11(2)21-14-5-3-12(4-6-14)18-15(20)9-13-10-22-16(19-13)7-8-17/h3-6,10-11H,7-9,17H2,1-2H3,(H,18,20). The highest BCUT2D eigenvalue weighted by atomic mass is 32.1. The first-order valence-corrected chi connectivity index (χ1v) is 8.14. The molecule has 1 aromatic heterocycles. The Morgan fingerprint density at radius 2 is 2.09 bits per heavy atom. The van der Waals surface area contributed by atoms with Crippen LogP contribution in [-0.4, -0.2) is 23.5 Å². The van der Waals surface area contributed by atoms with Crippen LogP contribution in [0.4, 0.5) is 5.69 Å². The average Bonchev–Trinajstić information content (AvgIpc) is 2.88. The molecule has 0 saturated carbocycles. The van der Waals surface area contributed by atoms with Crippen LogP contribution in [-0.2, 0) is 17.6 Å². The van der Waals surface area contributed by atoms with E-state index in [2.05, 4.69) is 10.3 Å². The normalized spacial score (nSPS) is 10.7. The maximum absolute atomic E-state index is 12.0. The summed E-state index contributed by atoms with van der Waals surface area (Å²) in [5, 5.41) is 5.74. The number of nitrogens with two attached hydrogens (primary N) is 1. The van der Waals surface area contributed by atoms with Gasteiger partial charge in [0.25, 0.3) is 0 Å². The molecule has 0 aliphatic heterocycles. The molecule has 2 rings (SSSR count). The van der Waals surface area contributed by atoms with E-state index in [9.17, 15) is 4.79 Å². The molecule has 0 spiro atoms. The number of nitrogens with zero attached hydrogens (tertiary/aromatic N) is 1. The number of carbonyl (C=O) groups is 1. The Kier molecular flexibility index (Phi) is 5.91. The van der Waals surface area contributed by atoms with Crippen molar-refractivity contribution in [2.75, 3.05) is 11.9 Å². The molecule has 0 saturated heterocycles. The maximum atomic E-state index is 12.0. The second kappa shape index (κ2) is 7.91. The number of aromatic nitrogens is 1. The summed E-state index contributed by atoms with van der Waals surface area (Å²) in [5.41, 5.74) is 7.02. The van der Waals surface area contributed by atoms with Gasteiger partial charge in [-0.05, 0) is 44.7 Å². The smallest absolute Gasteiger partial charge is 0.230 e. The summed E-state index contributed by atoms with van der Waals surface area (Å²) in [6.45, 7) is 4.52. The fourth-order valence-electron chi connectivity index (χ4n) is 1.93. The van der Waals surface area contributed by atoms with E-state index in [0.717, 1.165) is 28.6 Å². The second-order valence-corrected chi connectivity index (χ2v) is 6.13. The van der Waals surface area contributed by atoms with Gasteiger partial charge in [0.1, 0.15) is 5.75 Å². The third-order valence-corrected chi connectivity index (χ3v) is 3.77. The summed E-state index contributed by atoms with van der Waals surface area (Å²) in [5.74, 6) is 0.709. The van der Waals surface area contributed by atoms with Crippen LogP contribution < -0.4 is 15.8 Å². The highest BCUT2D eigenvalue weighted by molar-refractivity contribution is 7.09. The van der Waals surface area contributed by atoms with Gasteiger partial charge in [0, 0.05) is 17.5 Å². The quantitative estimate of drug-likeness (QED) is 0.822. The van der Waals surface area contributed by atoms with Crippen molar-refractivity contribution < 1.29 is 9.53 Å². The van der Waals surface area contributed by atoms with E-state index in [4.69, 9.17) is 10.5 Å². The minimum absolute atomic E-state index is 0.0814.